The van der Waals surface area contributed by atoms with Gasteiger partial charge in [0.2, 0.25) is 5.91 Å². The number of hydrogen-bond acceptors (Lipinski definition) is 4. The Morgan fingerprint density at radius 2 is 1.86 bits per heavy atom. The molecule has 0 aliphatic carbocycles. The third kappa shape index (κ3) is 7.17. The number of nitrogens with one attached hydrogen (secondary N) is 2. The molecule has 0 fully saturated rings. The molecule has 0 aliphatic heterocycles. The highest BCUT2D eigenvalue weighted by atomic mass is 35.5. The van der Waals surface area contributed by atoms with E-state index >= 15 is 0 Å². The van der Waals surface area contributed by atoms with Crippen molar-refractivity contribution in [3.05, 3.63) is 24.3 Å². The van der Waals surface area contributed by atoms with Gasteiger partial charge in [-0.15, -0.1) is 11.6 Å². The number of carbonyl (C=O) groups excluding carboxylic acids is 2. The van der Waals surface area contributed by atoms with Crippen LogP contribution < -0.4 is 15.4 Å². The number of halogens is 1. The van der Waals surface area contributed by atoms with E-state index < -0.39 is 6.10 Å². The van der Waals surface area contributed by atoms with Gasteiger partial charge in [-0.05, 0) is 37.6 Å². The van der Waals surface area contributed by atoms with Crippen molar-refractivity contribution in [1.82, 2.24) is 10.6 Å². The summed E-state index contributed by atoms with van der Waals surface area (Å²) < 4.78 is 5.44. The van der Waals surface area contributed by atoms with Crippen LogP contribution in [0.1, 0.15) is 19.8 Å². The average molecular weight is 329 g/mol. The number of carbonyl (C=O) groups is 2. The smallest absolute Gasteiger partial charge is 0.260 e. The molecule has 0 saturated heterocycles. The van der Waals surface area contributed by atoms with Crippen LogP contribution in [0.25, 0.3) is 0 Å². The normalized spacial score (nSPS) is 11.5. The van der Waals surface area contributed by atoms with E-state index in [-0.39, 0.29) is 17.6 Å². The van der Waals surface area contributed by atoms with Crippen molar-refractivity contribution < 1.29 is 19.4 Å². The maximum atomic E-state index is 11.8. The van der Waals surface area contributed by atoms with Gasteiger partial charge in [-0.25, -0.2) is 0 Å². The van der Waals surface area contributed by atoms with Gasteiger partial charge in [-0.3, -0.25) is 9.59 Å². The minimum Gasteiger partial charge on any atom is -0.508 e. The fraction of sp³-hybridized carbons (Fsp3) is 0.467. The van der Waals surface area contributed by atoms with Crippen LogP contribution in [0, 0.1) is 0 Å². The van der Waals surface area contributed by atoms with E-state index in [2.05, 4.69) is 10.6 Å². The molecule has 1 aromatic carbocycles. The van der Waals surface area contributed by atoms with Crippen LogP contribution >= 0.6 is 11.6 Å². The maximum absolute atomic E-state index is 11.8. The number of hydrogen-bond donors (Lipinski definition) is 3. The largest absolute Gasteiger partial charge is 0.508 e. The van der Waals surface area contributed by atoms with E-state index in [1.807, 2.05) is 0 Å². The molecule has 3 N–H and O–H groups in total. The van der Waals surface area contributed by atoms with E-state index in [0.717, 1.165) is 0 Å². The summed E-state index contributed by atoms with van der Waals surface area (Å²) in [7, 11) is 0. The molecular weight excluding hydrogens is 308 g/mol. The molecule has 122 valence electrons. The molecule has 7 heteroatoms. The maximum Gasteiger partial charge on any atom is 0.260 e. The van der Waals surface area contributed by atoms with Crippen molar-refractivity contribution in [3.8, 4) is 11.5 Å². The fourth-order valence-electron chi connectivity index (χ4n) is 1.63. The summed E-state index contributed by atoms with van der Waals surface area (Å²) in [6.07, 6.45) is 0.353. The third-order valence-electron chi connectivity index (χ3n) is 2.80. The van der Waals surface area contributed by atoms with Crippen LogP contribution in [0.5, 0.6) is 11.5 Å². The van der Waals surface area contributed by atoms with E-state index in [0.29, 0.717) is 37.6 Å². The summed E-state index contributed by atoms with van der Waals surface area (Å²) in [6, 6.07) is 6.12. The Hall–Kier alpha value is -1.95. The van der Waals surface area contributed by atoms with Gasteiger partial charge in [0.15, 0.2) is 6.10 Å². The zero-order valence-corrected chi connectivity index (χ0v) is 13.2. The van der Waals surface area contributed by atoms with Gasteiger partial charge in [-0.1, -0.05) is 0 Å². The summed E-state index contributed by atoms with van der Waals surface area (Å²) >= 11 is 5.49. The first kappa shape index (κ1) is 18.1. The fourth-order valence-corrected chi connectivity index (χ4v) is 1.76. The molecule has 0 aliphatic rings. The Morgan fingerprint density at radius 1 is 1.23 bits per heavy atom. The molecule has 0 bridgehead atoms. The second-order valence-electron chi connectivity index (χ2n) is 4.69. The second-order valence-corrected chi connectivity index (χ2v) is 5.07. The Labute approximate surface area is 134 Å². The summed E-state index contributed by atoms with van der Waals surface area (Å²) in [5.41, 5.74) is 0. The standard InChI is InChI=1S/C15H21ClN2O4/c1-11(22-13-6-4-12(19)5-7-13)15(21)18-10-9-17-14(20)3-2-8-16/h4-7,11,19H,2-3,8-10H2,1H3,(H,17,20)(H,18,21). The molecule has 22 heavy (non-hydrogen) atoms. The zero-order chi connectivity index (χ0) is 16.4. The molecule has 0 heterocycles. The quantitative estimate of drug-likeness (QED) is 0.472. The number of phenolic OH excluding ortho intramolecular Hbond substituents is 1. The minimum atomic E-state index is -0.670. The molecule has 1 atom stereocenters. The van der Waals surface area contributed by atoms with Gasteiger partial charge in [0.05, 0.1) is 0 Å². The number of alkyl halides is 1. The Balaban J connectivity index is 2.21. The predicted molar refractivity (Wildman–Crippen MR) is 84.2 cm³/mol. The molecule has 1 aromatic rings. The third-order valence-corrected chi connectivity index (χ3v) is 3.07. The minimum absolute atomic E-state index is 0.0803. The molecule has 6 nitrogen and oxygen atoms in total. The zero-order valence-electron chi connectivity index (χ0n) is 12.5. The van der Waals surface area contributed by atoms with Crippen LogP contribution in [0.15, 0.2) is 24.3 Å². The lowest BCUT2D eigenvalue weighted by Gasteiger charge is -2.15. The van der Waals surface area contributed by atoms with Crippen LogP contribution in [0.4, 0.5) is 0 Å². The van der Waals surface area contributed by atoms with Crippen molar-refractivity contribution in [2.24, 2.45) is 0 Å². The van der Waals surface area contributed by atoms with Gasteiger partial charge < -0.3 is 20.5 Å². The summed E-state index contributed by atoms with van der Waals surface area (Å²) in [4.78, 5) is 23.1. The first-order valence-electron chi connectivity index (χ1n) is 7.09. The summed E-state index contributed by atoms with van der Waals surface area (Å²) in [5.74, 6) is 0.728. The van der Waals surface area contributed by atoms with Crippen LogP contribution in [-0.4, -0.2) is 42.0 Å². The van der Waals surface area contributed by atoms with Crippen LogP contribution in [0.2, 0.25) is 0 Å². The lowest BCUT2D eigenvalue weighted by Crippen LogP contribution is -2.40. The average Bonchev–Trinajstić information content (AvgIpc) is 2.51. The highest BCUT2D eigenvalue weighted by molar-refractivity contribution is 6.17. The van der Waals surface area contributed by atoms with Gasteiger partial charge in [0.1, 0.15) is 11.5 Å². The monoisotopic (exact) mass is 328 g/mol. The topological polar surface area (TPSA) is 87.7 Å². The highest BCUT2D eigenvalue weighted by Crippen LogP contribution is 2.17. The highest BCUT2D eigenvalue weighted by Gasteiger charge is 2.14. The lowest BCUT2D eigenvalue weighted by atomic mass is 10.3. The summed E-state index contributed by atoms with van der Waals surface area (Å²) in [5, 5.41) is 14.5. The molecule has 1 rings (SSSR count). The van der Waals surface area contributed by atoms with E-state index in [9.17, 15) is 9.59 Å². The van der Waals surface area contributed by atoms with Gasteiger partial charge in [0, 0.05) is 25.4 Å². The molecule has 2 amide bonds. The van der Waals surface area contributed by atoms with Crippen molar-refractivity contribution in [1.29, 1.82) is 0 Å². The molecule has 1 unspecified atom stereocenters. The molecule has 0 saturated carbocycles. The van der Waals surface area contributed by atoms with E-state index in [1.54, 1.807) is 19.1 Å². The predicted octanol–water partition coefficient (Wildman–Crippen LogP) is 1.41. The number of amides is 2. The molecule has 0 radical (unpaired) electrons. The number of ether oxygens (including phenoxy) is 1. The number of benzene rings is 1. The van der Waals surface area contributed by atoms with Crippen molar-refractivity contribution in [2.45, 2.75) is 25.9 Å². The summed E-state index contributed by atoms with van der Waals surface area (Å²) in [6.45, 7) is 2.31. The van der Waals surface area contributed by atoms with Crippen LogP contribution in [-0.2, 0) is 9.59 Å². The SMILES string of the molecule is CC(Oc1ccc(O)cc1)C(=O)NCCNC(=O)CCCCl. The Bertz CT molecular complexity index is 479. The Kier molecular flexibility index (Phi) is 8.14. The molecular formula is C15H21ClN2O4. The van der Waals surface area contributed by atoms with E-state index in [4.69, 9.17) is 21.4 Å². The molecule has 0 spiro atoms. The van der Waals surface area contributed by atoms with Crippen molar-refractivity contribution in [2.75, 3.05) is 19.0 Å². The first-order chi connectivity index (χ1) is 10.5. The Morgan fingerprint density at radius 3 is 2.50 bits per heavy atom. The second kappa shape index (κ2) is 9.89. The number of aromatic hydroxyl groups is 1. The lowest BCUT2D eigenvalue weighted by molar-refractivity contribution is -0.127. The van der Waals surface area contributed by atoms with Crippen LogP contribution in [0.3, 0.4) is 0 Å². The number of phenols is 1. The molecule has 0 aromatic heterocycles. The van der Waals surface area contributed by atoms with E-state index in [1.165, 1.54) is 12.1 Å². The van der Waals surface area contributed by atoms with Gasteiger partial charge in [0.25, 0.3) is 5.91 Å². The van der Waals surface area contributed by atoms with Gasteiger partial charge in [-0.2, -0.15) is 0 Å². The first-order valence-corrected chi connectivity index (χ1v) is 7.62. The van der Waals surface area contributed by atoms with Crippen molar-refractivity contribution in [3.63, 3.8) is 0 Å². The number of rotatable bonds is 9. The van der Waals surface area contributed by atoms with Crippen molar-refractivity contribution >= 4 is 23.4 Å². The van der Waals surface area contributed by atoms with Gasteiger partial charge >= 0.3 is 0 Å².